The van der Waals surface area contributed by atoms with Crippen LogP contribution in [0.25, 0.3) is 0 Å². The SMILES string of the molecule is CC(=O)CCC(=O)N(C)CCc1cccc(Br)c1. The smallest absolute Gasteiger partial charge is 0.222 e. The van der Waals surface area contributed by atoms with Crippen LogP contribution in [0.3, 0.4) is 0 Å². The molecule has 0 aliphatic heterocycles. The summed E-state index contributed by atoms with van der Waals surface area (Å²) in [5.41, 5.74) is 1.19. The number of Topliss-reactive ketones (excluding diaryl/α,β-unsaturated/α-hetero) is 1. The Hall–Kier alpha value is -1.16. The van der Waals surface area contributed by atoms with Crippen molar-refractivity contribution in [1.82, 2.24) is 4.90 Å². The summed E-state index contributed by atoms with van der Waals surface area (Å²) < 4.78 is 1.05. The van der Waals surface area contributed by atoms with E-state index in [-0.39, 0.29) is 11.7 Å². The number of likely N-dealkylation sites (N-methyl/N-ethyl adjacent to an activating group) is 1. The van der Waals surface area contributed by atoms with E-state index in [0.717, 1.165) is 10.9 Å². The lowest BCUT2D eigenvalue weighted by Crippen LogP contribution is -2.28. The molecule has 0 aliphatic rings. The maximum atomic E-state index is 11.7. The fourth-order valence-corrected chi connectivity index (χ4v) is 2.03. The van der Waals surface area contributed by atoms with Gasteiger partial charge in [0.15, 0.2) is 0 Å². The van der Waals surface area contributed by atoms with E-state index in [4.69, 9.17) is 0 Å². The van der Waals surface area contributed by atoms with Gasteiger partial charge in [0.25, 0.3) is 0 Å². The van der Waals surface area contributed by atoms with Crippen LogP contribution < -0.4 is 0 Å². The van der Waals surface area contributed by atoms with Crippen LogP contribution in [0.15, 0.2) is 28.7 Å². The van der Waals surface area contributed by atoms with Gasteiger partial charge in [-0.15, -0.1) is 0 Å². The Kier molecular flexibility index (Phi) is 6.05. The van der Waals surface area contributed by atoms with Gasteiger partial charge in [-0.05, 0) is 31.0 Å². The summed E-state index contributed by atoms with van der Waals surface area (Å²) in [5.74, 6) is 0.0870. The summed E-state index contributed by atoms with van der Waals surface area (Å²) in [6.45, 7) is 2.18. The maximum absolute atomic E-state index is 11.7. The van der Waals surface area contributed by atoms with Gasteiger partial charge in [0.2, 0.25) is 5.91 Å². The molecule has 0 saturated heterocycles. The van der Waals surface area contributed by atoms with Crippen LogP contribution >= 0.6 is 15.9 Å². The van der Waals surface area contributed by atoms with Crippen molar-refractivity contribution in [3.8, 4) is 0 Å². The molecular weight excluding hydrogens is 294 g/mol. The minimum absolute atomic E-state index is 0.0280. The summed E-state index contributed by atoms with van der Waals surface area (Å²) >= 11 is 3.42. The van der Waals surface area contributed by atoms with Gasteiger partial charge in [0.1, 0.15) is 5.78 Å². The van der Waals surface area contributed by atoms with Gasteiger partial charge in [-0.1, -0.05) is 28.1 Å². The molecule has 18 heavy (non-hydrogen) atoms. The van der Waals surface area contributed by atoms with Gasteiger partial charge in [-0.3, -0.25) is 4.79 Å². The predicted octanol–water partition coefficient (Wildman–Crippen LogP) is 2.82. The minimum atomic E-state index is 0.0280. The van der Waals surface area contributed by atoms with Crippen LogP contribution in [0.4, 0.5) is 0 Å². The Morgan fingerprint density at radius 2 is 2.00 bits per heavy atom. The van der Waals surface area contributed by atoms with Gasteiger partial charge in [0, 0.05) is 30.9 Å². The second-order valence-corrected chi connectivity index (χ2v) is 5.31. The Morgan fingerprint density at radius 3 is 2.61 bits per heavy atom. The molecule has 3 nitrogen and oxygen atoms in total. The molecule has 1 aromatic rings. The second-order valence-electron chi connectivity index (χ2n) is 4.40. The summed E-state index contributed by atoms with van der Waals surface area (Å²) in [7, 11) is 1.78. The van der Waals surface area contributed by atoms with E-state index in [2.05, 4.69) is 15.9 Å². The lowest BCUT2D eigenvalue weighted by atomic mass is 10.1. The molecule has 0 spiro atoms. The highest BCUT2D eigenvalue weighted by Gasteiger charge is 2.09. The largest absolute Gasteiger partial charge is 0.345 e. The first-order valence-electron chi connectivity index (χ1n) is 5.97. The summed E-state index contributed by atoms with van der Waals surface area (Å²) in [6, 6.07) is 8.05. The van der Waals surface area contributed by atoms with E-state index in [9.17, 15) is 9.59 Å². The molecule has 0 N–H and O–H groups in total. The van der Waals surface area contributed by atoms with E-state index >= 15 is 0 Å². The van der Waals surface area contributed by atoms with Gasteiger partial charge in [0.05, 0.1) is 0 Å². The van der Waals surface area contributed by atoms with Crippen LogP contribution in [-0.2, 0) is 16.0 Å². The maximum Gasteiger partial charge on any atom is 0.222 e. The van der Waals surface area contributed by atoms with Crippen molar-refractivity contribution < 1.29 is 9.59 Å². The number of benzene rings is 1. The van der Waals surface area contributed by atoms with Crippen molar-refractivity contribution in [3.05, 3.63) is 34.3 Å². The number of hydrogen-bond donors (Lipinski definition) is 0. The summed E-state index contributed by atoms with van der Waals surface area (Å²) in [5, 5.41) is 0. The summed E-state index contributed by atoms with van der Waals surface area (Å²) in [6.07, 6.45) is 1.46. The lowest BCUT2D eigenvalue weighted by molar-refractivity contribution is -0.131. The van der Waals surface area contributed by atoms with E-state index in [1.807, 2.05) is 24.3 Å². The number of nitrogens with zero attached hydrogens (tertiary/aromatic N) is 1. The number of carbonyl (C=O) groups is 2. The monoisotopic (exact) mass is 311 g/mol. The van der Waals surface area contributed by atoms with Crippen LogP contribution in [0.5, 0.6) is 0 Å². The molecule has 1 amide bonds. The third-order valence-electron chi connectivity index (χ3n) is 2.74. The highest BCUT2D eigenvalue weighted by atomic mass is 79.9. The average molecular weight is 312 g/mol. The van der Waals surface area contributed by atoms with Crippen LogP contribution in [0, 0.1) is 0 Å². The minimum Gasteiger partial charge on any atom is -0.345 e. The Bertz CT molecular complexity index is 432. The molecule has 0 aliphatic carbocycles. The highest BCUT2D eigenvalue weighted by molar-refractivity contribution is 9.10. The zero-order chi connectivity index (χ0) is 13.5. The molecule has 1 rings (SSSR count). The zero-order valence-corrected chi connectivity index (χ0v) is 12.4. The highest BCUT2D eigenvalue weighted by Crippen LogP contribution is 2.12. The van der Waals surface area contributed by atoms with Crippen molar-refractivity contribution in [2.45, 2.75) is 26.2 Å². The van der Waals surface area contributed by atoms with Gasteiger partial charge >= 0.3 is 0 Å². The van der Waals surface area contributed by atoms with Crippen molar-refractivity contribution in [1.29, 1.82) is 0 Å². The first-order chi connectivity index (χ1) is 8.49. The number of hydrogen-bond acceptors (Lipinski definition) is 2. The Labute approximate surface area is 116 Å². The molecule has 0 fully saturated rings. The number of rotatable bonds is 6. The molecule has 0 radical (unpaired) electrons. The Morgan fingerprint density at radius 1 is 1.28 bits per heavy atom. The van der Waals surface area contributed by atoms with E-state index < -0.39 is 0 Å². The summed E-state index contributed by atoms with van der Waals surface area (Å²) in [4.78, 5) is 24.2. The number of carbonyl (C=O) groups excluding carboxylic acids is 2. The molecule has 0 unspecified atom stereocenters. The van der Waals surface area contributed by atoms with Gasteiger partial charge < -0.3 is 9.69 Å². The average Bonchev–Trinajstić information content (AvgIpc) is 2.33. The van der Waals surface area contributed by atoms with E-state index in [1.165, 1.54) is 12.5 Å². The molecular formula is C14H18BrNO2. The zero-order valence-electron chi connectivity index (χ0n) is 10.8. The molecule has 1 aromatic carbocycles. The first-order valence-corrected chi connectivity index (χ1v) is 6.76. The molecule has 98 valence electrons. The third kappa shape index (κ3) is 5.45. The first kappa shape index (κ1) is 14.9. The number of ketones is 1. The predicted molar refractivity (Wildman–Crippen MR) is 75.4 cm³/mol. The molecule has 0 saturated carbocycles. The van der Waals surface area contributed by atoms with Crippen molar-refractivity contribution in [3.63, 3.8) is 0 Å². The van der Waals surface area contributed by atoms with Gasteiger partial charge in [-0.2, -0.15) is 0 Å². The van der Waals surface area contributed by atoms with E-state index in [1.54, 1.807) is 11.9 Å². The number of halogens is 1. The molecule has 0 heterocycles. The Balaban J connectivity index is 2.38. The molecule has 0 bridgehead atoms. The molecule has 0 atom stereocenters. The van der Waals surface area contributed by atoms with Crippen molar-refractivity contribution in [2.75, 3.05) is 13.6 Å². The number of amides is 1. The van der Waals surface area contributed by atoms with Crippen LogP contribution in [0.2, 0.25) is 0 Å². The normalized spacial score (nSPS) is 10.2. The van der Waals surface area contributed by atoms with Crippen LogP contribution in [-0.4, -0.2) is 30.2 Å². The molecule has 0 aromatic heterocycles. The lowest BCUT2D eigenvalue weighted by Gasteiger charge is -2.16. The quantitative estimate of drug-likeness (QED) is 0.810. The standard InChI is InChI=1S/C14H18BrNO2/c1-11(17)6-7-14(18)16(2)9-8-12-4-3-5-13(15)10-12/h3-5,10H,6-9H2,1-2H3. The van der Waals surface area contributed by atoms with E-state index in [0.29, 0.717) is 19.4 Å². The molecule has 4 heteroatoms. The fraction of sp³-hybridized carbons (Fsp3) is 0.429. The van der Waals surface area contributed by atoms with Gasteiger partial charge in [-0.25, -0.2) is 0 Å². The second kappa shape index (κ2) is 7.31. The third-order valence-corrected chi connectivity index (χ3v) is 3.23. The van der Waals surface area contributed by atoms with Crippen LogP contribution in [0.1, 0.15) is 25.3 Å². The fourth-order valence-electron chi connectivity index (χ4n) is 1.59. The van der Waals surface area contributed by atoms with Crippen molar-refractivity contribution >= 4 is 27.6 Å². The topological polar surface area (TPSA) is 37.4 Å². The van der Waals surface area contributed by atoms with Crippen molar-refractivity contribution in [2.24, 2.45) is 0 Å².